The first kappa shape index (κ1) is 22.5. The highest BCUT2D eigenvalue weighted by Gasteiger charge is 2.30. The van der Waals surface area contributed by atoms with Crippen molar-refractivity contribution in [1.29, 1.82) is 0 Å². The number of cyclic esters (lactones) is 1. The molecule has 32 heavy (non-hydrogen) atoms. The van der Waals surface area contributed by atoms with Gasteiger partial charge >= 0.3 is 6.09 Å². The molecular weight excluding hydrogens is 437 g/mol. The van der Waals surface area contributed by atoms with E-state index in [4.69, 9.17) is 21.1 Å². The number of hydrogen-bond donors (Lipinski definition) is 1. The van der Waals surface area contributed by atoms with Crippen LogP contribution in [0, 0.1) is 5.82 Å². The highest BCUT2D eigenvalue weighted by atomic mass is 35.5. The van der Waals surface area contributed by atoms with Gasteiger partial charge in [0.15, 0.2) is 0 Å². The number of nitrogens with one attached hydrogen (secondary N) is 1. The van der Waals surface area contributed by atoms with Crippen molar-refractivity contribution in [3.8, 4) is 0 Å². The van der Waals surface area contributed by atoms with Gasteiger partial charge in [0.1, 0.15) is 12.4 Å². The molecule has 2 aliphatic rings. The van der Waals surface area contributed by atoms with Gasteiger partial charge in [-0.25, -0.2) is 9.18 Å². The first-order valence-corrected chi connectivity index (χ1v) is 10.9. The summed E-state index contributed by atoms with van der Waals surface area (Å²) >= 11 is 6.35. The Morgan fingerprint density at radius 2 is 2.00 bits per heavy atom. The van der Waals surface area contributed by atoms with E-state index >= 15 is 0 Å². The minimum atomic E-state index is -0.433. The number of morpholine rings is 1. The lowest BCUT2D eigenvalue weighted by Gasteiger charge is -2.38. The Hall–Kier alpha value is -2.68. The average molecular weight is 462 g/mol. The van der Waals surface area contributed by atoms with Crippen LogP contribution in [0.5, 0.6) is 0 Å². The molecule has 2 heterocycles. The van der Waals surface area contributed by atoms with E-state index in [0.29, 0.717) is 54.7 Å². The number of amides is 2. The van der Waals surface area contributed by atoms with Gasteiger partial charge in [0.2, 0.25) is 0 Å². The summed E-state index contributed by atoms with van der Waals surface area (Å²) in [7, 11) is 0. The summed E-state index contributed by atoms with van der Waals surface area (Å²) in [4.78, 5) is 28.1. The van der Waals surface area contributed by atoms with E-state index in [0.717, 1.165) is 0 Å². The summed E-state index contributed by atoms with van der Waals surface area (Å²) in [6, 6.07) is 10.9. The van der Waals surface area contributed by atoms with E-state index in [-0.39, 0.29) is 18.6 Å². The SMILES string of the molecule is C[C@@H]1CN([C@H](CNC(=O)c2ccc(N3CCOC3=O)cc2)c2c(F)cccc2Cl)CCO1. The van der Waals surface area contributed by atoms with Crippen molar-refractivity contribution in [3.05, 3.63) is 64.4 Å². The molecule has 0 bridgehead atoms. The number of hydrogen-bond acceptors (Lipinski definition) is 5. The van der Waals surface area contributed by atoms with Crippen LogP contribution in [-0.4, -0.2) is 62.4 Å². The Labute approximate surface area is 191 Å². The van der Waals surface area contributed by atoms with Crippen molar-refractivity contribution in [1.82, 2.24) is 10.2 Å². The summed E-state index contributed by atoms with van der Waals surface area (Å²) in [6.07, 6.45) is -0.399. The molecule has 1 N–H and O–H groups in total. The zero-order valence-electron chi connectivity index (χ0n) is 17.7. The van der Waals surface area contributed by atoms with Gasteiger partial charge in [-0.1, -0.05) is 17.7 Å². The van der Waals surface area contributed by atoms with Gasteiger partial charge < -0.3 is 14.8 Å². The summed E-state index contributed by atoms with van der Waals surface area (Å²) in [5, 5.41) is 3.23. The standard InChI is InChI=1S/C23H25ClFN3O4/c1-15-14-27(9-11-31-15)20(21-18(24)3-2-4-19(21)25)13-26-22(29)16-5-7-17(8-6-16)28-10-12-32-23(28)30/h2-8,15,20H,9-14H2,1H3,(H,26,29)/t15-,20-/m1/s1. The molecule has 2 fully saturated rings. The highest BCUT2D eigenvalue weighted by molar-refractivity contribution is 6.31. The van der Waals surface area contributed by atoms with Crippen LogP contribution >= 0.6 is 11.6 Å². The molecule has 2 saturated heterocycles. The molecule has 0 aliphatic carbocycles. The lowest BCUT2D eigenvalue weighted by atomic mass is 10.0. The smallest absolute Gasteiger partial charge is 0.414 e. The molecule has 2 aromatic carbocycles. The zero-order chi connectivity index (χ0) is 22.7. The summed E-state index contributed by atoms with van der Waals surface area (Å²) in [5.41, 5.74) is 1.48. The second-order valence-corrected chi connectivity index (χ2v) is 8.26. The van der Waals surface area contributed by atoms with E-state index < -0.39 is 18.0 Å². The topological polar surface area (TPSA) is 71.1 Å². The van der Waals surface area contributed by atoms with Gasteiger partial charge in [0.05, 0.1) is 25.3 Å². The molecule has 4 rings (SSSR count). The number of carbonyl (C=O) groups is 2. The Morgan fingerprint density at radius 1 is 1.22 bits per heavy atom. The summed E-state index contributed by atoms with van der Waals surface area (Å²) < 4.78 is 25.3. The van der Waals surface area contributed by atoms with Crippen molar-refractivity contribution in [3.63, 3.8) is 0 Å². The van der Waals surface area contributed by atoms with Gasteiger partial charge in [-0.3, -0.25) is 14.6 Å². The molecular formula is C23H25ClFN3O4. The largest absolute Gasteiger partial charge is 0.447 e. The van der Waals surface area contributed by atoms with Gasteiger partial charge in [0, 0.05) is 41.5 Å². The molecule has 2 aromatic rings. The van der Waals surface area contributed by atoms with E-state index in [1.807, 2.05) is 6.92 Å². The van der Waals surface area contributed by atoms with Crippen LogP contribution in [0.2, 0.25) is 5.02 Å². The molecule has 0 spiro atoms. The quantitative estimate of drug-likeness (QED) is 0.711. The first-order valence-electron chi connectivity index (χ1n) is 10.6. The number of ether oxygens (including phenoxy) is 2. The van der Waals surface area contributed by atoms with Crippen LogP contribution in [0.3, 0.4) is 0 Å². The van der Waals surface area contributed by atoms with Crippen LogP contribution in [0.1, 0.15) is 28.9 Å². The van der Waals surface area contributed by atoms with Gasteiger partial charge in [-0.2, -0.15) is 0 Å². The summed E-state index contributed by atoms with van der Waals surface area (Å²) in [6.45, 7) is 4.71. The fourth-order valence-electron chi connectivity index (χ4n) is 4.08. The van der Waals surface area contributed by atoms with Crippen LogP contribution in [0.25, 0.3) is 0 Å². The van der Waals surface area contributed by atoms with Crippen LogP contribution < -0.4 is 10.2 Å². The molecule has 0 radical (unpaired) electrons. The number of rotatable bonds is 6. The van der Waals surface area contributed by atoms with Crippen LogP contribution in [0.4, 0.5) is 14.9 Å². The van der Waals surface area contributed by atoms with E-state index in [1.165, 1.54) is 11.0 Å². The first-order chi connectivity index (χ1) is 15.4. The second-order valence-electron chi connectivity index (χ2n) is 7.85. The fourth-order valence-corrected chi connectivity index (χ4v) is 4.37. The third-order valence-corrected chi connectivity index (χ3v) is 6.03. The maximum absolute atomic E-state index is 14.7. The average Bonchev–Trinajstić information content (AvgIpc) is 3.21. The minimum Gasteiger partial charge on any atom is -0.447 e. The fraction of sp³-hybridized carbons (Fsp3) is 0.391. The predicted octanol–water partition coefficient (Wildman–Crippen LogP) is 3.63. The minimum absolute atomic E-state index is 0.00248. The van der Waals surface area contributed by atoms with Gasteiger partial charge in [-0.05, 0) is 43.3 Å². The Bertz CT molecular complexity index is 967. The summed E-state index contributed by atoms with van der Waals surface area (Å²) in [5.74, 6) is -0.697. The van der Waals surface area contributed by atoms with Gasteiger partial charge in [0.25, 0.3) is 5.91 Å². The lowest BCUT2D eigenvalue weighted by Crippen LogP contribution is -2.47. The number of carbonyl (C=O) groups excluding carboxylic acids is 2. The van der Waals surface area contributed by atoms with Crippen LogP contribution in [0.15, 0.2) is 42.5 Å². The lowest BCUT2D eigenvalue weighted by molar-refractivity contribution is -0.0346. The van der Waals surface area contributed by atoms with Crippen LogP contribution in [-0.2, 0) is 9.47 Å². The Balaban J connectivity index is 1.49. The molecule has 2 atom stereocenters. The van der Waals surface area contributed by atoms with Crippen molar-refractivity contribution in [2.75, 3.05) is 44.3 Å². The highest BCUT2D eigenvalue weighted by Crippen LogP contribution is 2.31. The number of anilines is 1. The Morgan fingerprint density at radius 3 is 2.66 bits per heavy atom. The van der Waals surface area contributed by atoms with Gasteiger partial charge in [-0.15, -0.1) is 0 Å². The van der Waals surface area contributed by atoms with Crippen molar-refractivity contribution < 1.29 is 23.5 Å². The number of benzene rings is 2. The van der Waals surface area contributed by atoms with E-state index in [2.05, 4.69) is 10.2 Å². The molecule has 9 heteroatoms. The van der Waals surface area contributed by atoms with Crippen molar-refractivity contribution >= 4 is 29.3 Å². The van der Waals surface area contributed by atoms with E-state index in [9.17, 15) is 14.0 Å². The molecule has 0 unspecified atom stereocenters. The normalized spacial score (nSPS) is 20.2. The second kappa shape index (κ2) is 9.85. The number of halogens is 2. The molecule has 2 aliphatic heterocycles. The van der Waals surface area contributed by atoms with E-state index in [1.54, 1.807) is 36.4 Å². The molecule has 0 saturated carbocycles. The van der Waals surface area contributed by atoms with Crippen molar-refractivity contribution in [2.45, 2.75) is 19.1 Å². The molecule has 7 nitrogen and oxygen atoms in total. The number of nitrogens with zero attached hydrogens (tertiary/aromatic N) is 2. The third kappa shape index (κ3) is 4.87. The monoisotopic (exact) mass is 461 g/mol. The maximum Gasteiger partial charge on any atom is 0.414 e. The maximum atomic E-state index is 14.7. The molecule has 2 amide bonds. The third-order valence-electron chi connectivity index (χ3n) is 5.70. The molecule has 170 valence electrons. The Kier molecular flexibility index (Phi) is 6.93. The van der Waals surface area contributed by atoms with Crippen molar-refractivity contribution in [2.24, 2.45) is 0 Å². The zero-order valence-corrected chi connectivity index (χ0v) is 18.5. The predicted molar refractivity (Wildman–Crippen MR) is 119 cm³/mol. The molecule has 0 aromatic heterocycles.